The number of nitrogens with one attached hydrogen (secondary N) is 2. The Balaban J connectivity index is 2.37. The summed E-state index contributed by atoms with van der Waals surface area (Å²) in [4.78, 5) is 7.10. The van der Waals surface area contributed by atoms with Crippen LogP contribution in [0.5, 0.6) is 0 Å². The molecule has 1 aromatic heterocycles. The van der Waals surface area contributed by atoms with E-state index in [-0.39, 0.29) is 0 Å². The number of benzene rings is 3. The Bertz CT molecular complexity index is 1110. The third-order valence-electron chi connectivity index (χ3n) is 4.69. The van der Waals surface area contributed by atoms with E-state index >= 15 is 0 Å². The van der Waals surface area contributed by atoms with Crippen molar-refractivity contribution in [2.24, 2.45) is 0 Å². The van der Waals surface area contributed by atoms with Crippen molar-refractivity contribution in [1.29, 1.82) is 0 Å². The van der Waals surface area contributed by atoms with Gasteiger partial charge in [-0.2, -0.15) is 0 Å². The molecule has 3 aromatic carbocycles. The summed E-state index contributed by atoms with van der Waals surface area (Å²) < 4.78 is 0. The van der Waals surface area contributed by atoms with Crippen molar-refractivity contribution in [2.45, 2.75) is 20.8 Å². The molecule has 0 fully saturated rings. The number of aryl methyl sites for hydroxylation is 3. The van der Waals surface area contributed by atoms with Gasteiger partial charge in [0, 0.05) is 22.1 Å². The first kappa shape index (κ1) is 13.8. The van der Waals surface area contributed by atoms with Crippen LogP contribution in [0.3, 0.4) is 0 Å². The minimum atomic E-state index is 0.729. The Morgan fingerprint density at radius 2 is 1.48 bits per heavy atom. The van der Waals surface area contributed by atoms with Crippen LogP contribution in [0.4, 0.5) is 11.4 Å². The Hall–Kier alpha value is -2.88. The predicted molar refractivity (Wildman–Crippen MR) is 99.5 cm³/mol. The lowest BCUT2D eigenvalue weighted by atomic mass is 10.0. The summed E-state index contributed by atoms with van der Waals surface area (Å²) in [7, 11) is 0. The fourth-order valence-electron chi connectivity index (χ4n) is 3.51. The molecular formula is C19H20N4. The molecule has 0 saturated carbocycles. The highest BCUT2D eigenvalue weighted by atomic mass is 14.8. The van der Waals surface area contributed by atoms with Gasteiger partial charge in [0.2, 0.25) is 0 Å². The van der Waals surface area contributed by atoms with Gasteiger partial charge in [0.15, 0.2) is 0 Å². The average molecular weight is 304 g/mol. The van der Waals surface area contributed by atoms with Crippen LogP contribution in [-0.4, -0.2) is 9.97 Å². The molecule has 4 heteroatoms. The van der Waals surface area contributed by atoms with Gasteiger partial charge in [-0.3, -0.25) is 0 Å². The second-order valence-electron chi connectivity index (χ2n) is 6.33. The molecule has 0 spiro atoms. The SMILES string of the molecule is Cc1cc(C)c2[nH]c3c(N)c(cc4cc(N)ccc43)[nH]c1c2C. The monoisotopic (exact) mass is 304 g/mol. The number of aromatic amines is 2. The van der Waals surface area contributed by atoms with Crippen LogP contribution >= 0.6 is 0 Å². The Kier molecular flexibility index (Phi) is 2.73. The van der Waals surface area contributed by atoms with Crippen molar-refractivity contribution in [3.05, 3.63) is 47.0 Å². The quantitative estimate of drug-likeness (QED) is 0.362. The van der Waals surface area contributed by atoms with Crippen molar-refractivity contribution in [1.82, 2.24) is 9.97 Å². The smallest absolute Gasteiger partial charge is 0.0799 e. The fourth-order valence-corrected chi connectivity index (χ4v) is 3.51. The summed E-state index contributed by atoms with van der Waals surface area (Å²) in [5, 5.41) is 2.15. The Labute approximate surface area is 134 Å². The first-order valence-corrected chi connectivity index (χ1v) is 7.72. The molecule has 0 saturated heterocycles. The van der Waals surface area contributed by atoms with Crippen LogP contribution < -0.4 is 11.5 Å². The number of nitrogens with two attached hydrogens (primary N) is 2. The normalized spacial score (nSPS) is 11.6. The van der Waals surface area contributed by atoms with Crippen LogP contribution in [0.2, 0.25) is 0 Å². The second kappa shape index (κ2) is 4.56. The number of H-pyrrole nitrogens is 2. The number of rotatable bonds is 0. The first-order valence-electron chi connectivity index (χ1n) is 7.72. The van der Waals surface area contributed by atoms with E-state index in [1.165, 1.54) is 16.7 Å². The minimum absolute atomic E-state index is 0.729. The number of aromatic nitrogens is 2. The summed E-state index contributed by atoms with van der Waals surface area (Å²) >= 11 is 0. The Morgan fingerprint density at radius 1 is 0.783 bits per heavy atom. The van der Waals surface area contributed by atoms with Crippen molar-refractivity contribution in [3.63, 3.8) is 0 Å². The van der Waals surface area contributed by atoms with E-state index in [0.29, 0.717) is 0 Å². The zero-order chi connectivity index (χ0) is 16.3. The van der Waals surface area contributed by atoms with Crippen molar-refractivity contribution in [2.75, 3.05) is 11.5 Å². The molecule has 0 atom stereocenters. The van der Waals surface area contributed by atoms with Crippen LogP contribution in [-0.2, 0) is 0 Å². The molecule has 0 unspecified atom stereocenters. The maximum Gasteiger partial charge on any atom is 0.0799 e. The molecule has 4 bridgehead atoms. The molecule has 23 heavy (non-hydrogen) atoms. The van der Waals surface area contributed by atoms with Gasteiger partial charge in [-0.1, -0.05) is 12.1 Å². The molecule has 0 aliphatic heterocycles. The van der Waals surface area contributed by atoms with E-state index in [9.17, 15) is 0 Å². The van der Waals surface area contributed by atoms with Crippen LogP contribution in [0.15, 0.2) is 30.3 Å². The minimum Gasteiger partial charge on any atom is -0.399 e. The van der Waals surface area contributed by atoms with Crippen LogP contribution in [0, 0.1) is 20.8 Å². The molecular weight excluding hydrogens is 284 g/mol. The molecule has 4 rings (SSSR count). The number of nitrogen functional groups attached to an aromatic ring is 2. The number of anilines is 2. The lowest BCUT2D eigenvalue weighted by Crippen LogP contribution is -1.99. The average Bonchev–Trinajstić information content (AvgIpc) is 2.49. The second-order valence-corrected chi connectivity index (χ2v) is 6.33. The summed E-state index contributed by atoms with van der Waals surface area (Å²) in [5.74, 6) is 0. The van der Waals surface area contributed by atoms with Gasteiger partial charge in [0.05, 0.1) is 16.7 Å². The zero-order valence-corrected chi connectivity index (χ0v) is 13.5. The number of hydrogen-bond donors (Lipinski definition) is 4. The molecule has 6 N–H and O–H groups in total. The molecule has 4 aromatic rings. The van der Waals surface area contributed by atoms with Gasteiger partial charge >= 0.3 is 0 Å². The molecule has 1 heterocycles. The van der Waals surface area contributed by atoms with Gasteiger partial charge < -0.3 is 21.4 Å². The lowest BCUT2D eigenvalue weighted by Gasteiger charge is -2.14. The molecule has 116 valence electrons. The standard InChI is InChI=1S/C19H20N4/c1-9-6-10(2)18-11(3)17(9)22-15-8-12-7-13(20)4-5-14(12)19(23-18)16(15)21/h4-8,22-23H,20-21H2,1-3H3. The topological polar surface area (TPSA) is 83.6 Å². The molecule has 4 nitrogen and oxygen atoms in total. The van der Waals surface area contributed by atoms with Gasteiger partial charge in [0.1, 0.15) is 0 Å². The van der Waals surface area contributed by atoms with E-state index in [2.05, 4.69) is 42.9 Å². The summed E-state index contributed by atoms with van der Waals surface area (Å²) in [5.41, 5.74) is 21.6. The molecule has 0 aliphatic rings. The van der Waals surface area contributed by atoms with Gasteiger partial charge in [-0.25, -0.2) is 0 Å². The maximum atomic E-state index is 6.44. The fraction of sp³-hybridized carbons (Fsp3) is 0.158. The highest BCUT2D eigenvalue weighted by Gasteiger charge is 2.10. The van der Waals surface area contributed by atoms with Crippen LogP contribution in [0.1, 0.15) is 16.7 Å². The summed E-state index contributed by atoms with van der Waals surface area (Å²) in [6, 6.07) is 10.2. The molecule has 0 amide bonds. The van der Waals surface area contributed by atoms with E-state index in [0.717, 1.165) is 44.2 Å². The van der Waals surface area contributed by atoms with Crippen molar-refractivity contribution >= 4 is 44.2 Å². The van der Waals surface area contributed by atoms with Gasteiger partial charge in [-0.05, 0) is 61.0 Å². The van der Waals surface area contributed by atoms with E-state index in [1.807, 2.05) is 18.2 Å². The predicted octanol–water partition coefficient (Wildman–Crippen LogP) is 4.45. The zero-order valence-electron chi connectivity index (χ0n) is 13.5. The van der Waals surface area contributed by atoms with Crippen LogP contribution in [0.25, 0.3) is 32.8 Å². The van der Waals surface area contributed by atoms with E-state index in [4.69, 9.17) is 11.5 Å². The molecule has 0 aliphatic carbocycles. The summed E-state index contributed by atoms with van der Waals surface area (Å²) in [6.07, 6.45) is 0. The third-order valence-corrected chi connectivity index (χ3v) is 4.69. The third kappa shape index (κ3) is 1.91. The number of fused-ring (bicyclic) bond motifs is 6. The van der Waals surface area contributed by atoms with Crippen molar-refractivity contribution < 1.29 is 0 Å². The van der Waals surface area contributed by atoms with Gasteiger partial charge in [-0.15, -0.1) is 0 Å². The number of hydrogen-bond acceptors (Lipinski definition) is 2. The lowest BCUT2D eigenvalue weighted by molar-refractivity contribution is 1.29. The van der Waals surface area contributed by atoms with E-state index < -0.39 is 0 Å². The summed E-state index contributed by atoms with van der Waals surface area (Å²) in [6.45, 7) is 6.37. The molecule has 0 radical (unpaired) electrons. The van der Waals surface area contributed by atoms with Gasteiger partial charge in [0.25, 0.3) is 0 Å². The highest BCUT2D eigenvalue weighted by Crippen LogP contribution is 2.32. The first-order chi connectivity index (χ1) is 11.0. The highest BCUT2D eigenvalue weighted by molar-refractivity contribution is 6.09. The largest absolute Gasteiger partial charge is 0.399 e. The Morgan fingerprint density at radius 3 is 2.22 bits per heavy atom. The van der Waals surface area contributed by atoms with E-state index in [1.54, 1.807) is 0 Å². The maximum absolute atomic E-state index is 6.44. The van der Waals surface area contributed by atoms with Crippen molar-refractivity contribution in [3.8, 4) is 0 Å².